The first kappa shape index (κ1) is 25.0. The first-order valence-electron chi connectivity index (χ1n) is 11.8. The molecule has 1 fully saturated rings. The second-order valence-corrected chi connectivity index (χ2v) is 8.95. The van der Waals surface area contributed by atoms with Crippen molar-refractivity contribution in [1.82, 2.24) is 9.88 Å². The summed E-state index contributed by atoms with van der Waals surface area (Å²) in [5, 5.41) is 10.7. The zero-order valence-corrected chi connectivity index (χ0v) is 19.7. The molecule has 1 aliphatic rings. The van der Waals surface area contributed by atoms with Gasteiger partial charge in [-0.05, 0) is 79.6 Å². The molecule has 4 nitrogen and oxygen atoms in total. The molecular weight excluding hydrogens is 453 g/mol. The number of rotatable bonds is 7. The molecule has 0 amide bonds. The number of ether oxygens (including phenoxy) is 1. The second kappa shape index (κ2) is 11.6. The standard InChI is InChI=1S/C28H29F3N2O2/c1-35-21-8-10-28-24(16-21)22(11-13-32-28)27(31)9-7-19-12-15-33(17-20(19)18-34)14-3-4-23-25(29)5-2-6-26(23)30/h2,5-6,8,10-11,13,16,19-20,27,34H,7,9,12,14-15,17-18H2,1H3/t19-,20-,27+/m1/s1. The highest BCUT2D eigenvalue weighted by Crippen LogP contribution is 2.35. The van der Waals surface area contributed by atoms with Crippen molar-refractivity contribution in [2.45, 2.75) is 25.4 Å². The van der Waals surface area contributed by atoms with Gasteiger partial charge in [-0.1, -0.05) is 17.9 Å². The predicted molar refractivity (Wildman–Crippen MR) is 130 cm³/mol. The van der Waals surface area contributed by atoms with E-state index in [0.717, 1.165) is 23.9 Å². The average molecular weight is 483 g/mol. The molecule has 4 rings (SSSR count). The number of hydrogen-bond acceptors (Lipinski definition) is 4. The number of methoxy groups -OCH3 is 1. The lowest BCUT2D eigenvalue weighted by atomic mass is 9.81. The van der Waals surface area contributed by atoms with Gasteiger partial charge in [0, 0.05) is 24.7 Å². The van der Waals surface area contributed by atoms with Crippen molar-refractivity contribution in [3.05, 3.63) is 71.4 Å². The molecule has 0 unspecified atom stereocenters. The maximum Gasteiger partial charge on any atom is 0.141 e. The van der Waals surface area contributed by atoms with Gasteiger partial charge in [-0.15, -0.1) is 0 Å². The molecule has 0 spiro atoms. The minimum Gasteiger partial charge on any atom is -0.497 e. The van der Waals surface area contributed by atoms with Crippen molar-refractivity contribution in [3.8, 4) is 17.6 Å². The normalized spacial score (nSPS) is 19.2. The molecule has 7 heteroatoms. The molecular formula is C28H29F3N2O2. The Hall–Kier alpha value is -3.08. The van der Waals surface area contributed by atoms with Crippen LogP contribution in [0.2, 0.25) is 0 Å². The van der Waals surface area contributed by atoms with E-state index in [0.29, 0.717) is 37.2 Å². The Kier molecular flexibility index (Phi) is 8.27. The van der Waals surface area contributed by atoms with Gasteiger partial charge in [0.1, 0.15) is 23.6 Å². The maximum atomic E-state index is 15.3. The first-order valence-corrected chi connectivity index (χ1v) is 11.8. The minimum absolute atomic E-state index is 0.00257. The smallest absolute Gasteiger partial charge is 0.141 e. The SMILES string of the molecule is COc1ccc2nccc([C@@H](F)CC[C@@H]3CCN(CC#Cc4c(F)cccc4F)C[C@@H]3CO)c2c1. The third-order valence-electron chi connectivity index (χ3n) is 6.80. The lowest BCUT2D eigenvalue weighted by Crippen LogP contribution is -2.42. The lowest BCUT2D eigenvalue weighted by molar-refractivity contribution is 0.0708. The van der Waals surface area contributed by atoms with Gasteiger partial charge in [-0.25, -0.2) is 13.2 Å². The molecule has 2 heterocycles. The summed E-state index contributed by atoms with van der Waals surface area (Å²) in [4.78, 5) is 6.39. The summed E-state index contributed by atoms with van der Waals surface area (Å²) in [6.45, 7) is 1.71. The van der Waals surface area contributed by atoms with Gasteiger partial charge in [0.25, 0.3) is 0 Å². The minimum atomic E-state index is -1.15. The molecule has 0 aliphatic carbocycles. The van der Waals surface area contributed by atoms with Crippen LogP contribution in [0.3, 0.4) is 0 Å². The Morgan fingerprint density at radius 1 is 1.17 bits per heavy atom. The number of pyridine rings is 1. The van der Waals surface area contributed by atoms with Crippen LogP contribution in [0.15, 0.2) is 48.7 Å². The molecule has 0 saturated carbocycles. The number of benzene rings is 2. The van der Waals surface area contributed by atoms with Crippen LogP contribution in [-0.4, -0.2) is 48.3 Å². The molecule has 1 saturated heterocycles. The number of nitrogens with zero attached hydrogens (tertiary/aromatic N) is 2. The number of aliphatic hydroxyl groups excluding tert-OH is 1. The Balaban J connectivity index is 1.35. The van der Waals surface area contributed by atoms with Crippen LogP contribution in [0.25, 0.3) is 10.9 Å². The van der Waals surface area contributed by atoms with Gasteiger partial charge < -0.3 is 9.84 Å². The molecule has 1 aliphatic heterocycles. The van der Waals surface area contributed by atoms with E-state index < -0.39 is 17.8 Å². The summed E-state index contributed by atoms with van der Waals surface area (Å²) in [5.74, 6) is 4.93. The second-order valence-electron chi connectivity index (χ2n) is 8.95. The zero-order chi connectivity index (χ0) is 24.8. The molecule has 3 aromatic rings. The van der Waals surface area contributed by atoms with Crippen molar-refractivity contribution in [3.63, 3.8) is 0 Å². The molecule has 1 N–H and O–H groups in total. The van der Waals surface area contributed by atoms with Gasteiger partial charge in [-0.2, -0.15) is 0 Å². The number of aromatic nitrogens is 1. The summed E-state index contributed by atoms with van der Waals surface area (Å²) in [7, 11) is 1.58. The monoisotopic (exact) mass is 482 g/mol. The highest BCUT2D eigenvalue weighted by Gasteiger charge is 2.29. The van der Waals surface area contributed by atoms with Gasteiger partial charge in [-0.3, -0.25) is 9.88 Å². The topological polar surface area (TPSA) is 45.6 Å². The van der Waals surface area contributed by atoms with Crippen molar-refractivity contribution >= 4 is 10.9 Å². The summed E-state index contributed by atoms with van der Waals surface area (Å²) in [6.07, 6.45) is 2.29. The molecule has 2 aromatic carbocycles. The van der Waals surface area contributed by atoms with Crippen LogP contribution in [0.1, 0.15) is 36.6 Å². The fourth-order valence-electron chi connectivity index (χ4n) is 4.81. The van der Waals surface area contributed by atoms with Crippen molar-refractivity contribution in [2.75, 3.05) is 33.4 Å². The Labute approximate surface area is 203 Å². The fourth-order valence-corrected chi connectivity index (χ4v) is 4.81. The van der Waals surface area contributed by atoms with Crippen molar-refractivity contribution < 1.29 is 23.0 Å². The Morgan fingerprint density at radius 3 is 2.71 bits per heavy atom. The van der Waals surface area contributed by atoms with Crippen LogP contribution < -0.4 is 4.74 Å². The van der Waals surface area contributed by atoms with E-state index in [1.54, 1.807) is 19.4 Å². The average Bonchev–Trinajstić information content (AvgIpc) is 2.88. The number of likely N-dealkylation sites (tertiary alicyclic amines) is 1. The van der Waals surface area contributed by atoms with E-state index in [4.69, 9.17) is 4.74 Å². The third kappa shape index (κ3) is 5.95. The number of hydrogen-bond donors (Lipinski definition) is 1. The highest BCUT2D eigenvalue weighted by atomic mass is 19.1. The third-order valence-corrected chi connectivity index (χ3v) is 6.80. The van der Waals surface area contributed by atoms with E-state index in [-0.39, 0.29) is 24.0 Å². The quantitative estimate of drug-likeness (QED) is 0.465. The number of fused-ring (bicyclic) bond motifs is 1. The highest BCUT2D eigenvalue weighted by molar-refractivity contribution is 5.83. The number of halogens is 3. The molecule has 35 heavy (non-hydrogen) atoms. The number of piperidine rings is 1. The maximum absolute atomic E-state index is 15.3. The van der Waals surface area contributed by atoms with E-state index >= 15 is 4.39 Å². The van der Waals surface area contributed by atoms with Gasteiger partial charge in [0.15, 0.2) is 0 Å². The summed E-state index contributed by atoms with van der Waals surface area (Å²) < 4.78 is 48.1. The number of aliphatic hydroxyl groups is 1. The van der Waals surface area contributed by atoms with Crippen LogP contribution in [-0.2, 0) is 0 Å². The van der Waals surface area contributed by atoms with Crippen LogP contribution in [0.5, 0.6) is 5.75 Å². The number of alkyl halides is 1. The van der Waals surface area contributed by atoms with E-state index in [1.807, 2.05) is 18.2 Å². The van der Waals surface area contributed by atoms with Gasteiger partial charge >= 0.3 is 0 Å². The lowest BCUT2D eigenvalue weighted by Gasteiger charge is -2.37. The fraction of sp³-hybridized carbons (Fsp3) is 0.393. The van der Waals surface area contributed by atoms with Crippen molar-refractivity contribution in [2.24, 2.45) is 11.8 Å². The van der Waals surface area contributed by atoms with E-state index in [1.165, 1.54) is 18.2 Å². The van der Waals surface area contributed by atoms with E-state index in [2.05, 4.69) is 21.7 Å². The molecule has 1 aromatic heterocycles. The van der Waals surface area contributed by atoms with Gasteiger partial charge in [0.2, 0.25) is 0 Å². The molecule has 184 valence electrons. The van der Waals surface area contributed by atoms with Crippen LogP contribution in [0, 0.1) is 35.3 Å². The molecule has 0 radical (unpaired) electrons. The Morgan fingerprint density at radius 2 is 1.97 bits per heavy atom. The molecule has 3 atom stereocenters. The van der Waals surface area contributed by atoms with E-state index in [9.17, 15) is 13.9 Å². The zero-order valence-electron chi connectivity index (χ0n) is 19.7. The van der Waals surface area contributed by atoms with Crippen molar-refractivity contribution in [1.29, 1.82) is 0 Å². The first-order chi connectivity index (χ1) is 17.0. The predicted octanol–water partition coefficient (Wildman–Crippen LogP) is 5.29. The summed E-state index contributed by atoms with van der Waals surface area (Å²) in [6, 6.07) is 10.8. The summed E-state index contributed by atoms with van der Waals surface area (Å²) >= 11 is 0. The summed E-state index contributed by atoms with van der Waals surface area (Å²) in [5.41, 5.74) is 1.10. The van der Waals surface area contributed by atoms with Crippen LogP contribution in [0.4, 0.5) is 13.2 Å². The Bertz CT molecular complexity index is 1200. The van der Waals surface area contributed by atoms with Gasteiger partial charge in [0.05, 0.1) is 24.7 Å². The van der Waals surface area contributed by atoms with Crippen LogP contribution >= 0.6 is 0 Å². The largest absolute Gasteiger partial charge is 0.497 e. The molecule has 0 bridgehead atoms.